The summed E-state index contributed by atoms with van der Waals surface area (Å²) in [4.78, 5) is 11.6. The molecule has 6 nitrogen and oxygen atoms in total. The van der Waals surface area contributed by atoms with E-state index < -0.39 is 0 Å². The average Bonchev–Trinajstić information content (AvgIpc) is 3.32. The standard InChI is InChI=1S/C18H25N5O/c1-19-16-10-9-13(12-20-16)17-21-18(24-22-17)15-8-5-11-23(15)14-6-3-2-4-7-14/h9-10,12,14-15H,2-8,11H2,1H3,(H,19,20). The van der Waals surface area contributed by atoms with Crippen LogP contribution in [0.3, 0.4) is 0 Å². The number of pyridine rings is 1. The molecular weight excluding hydrogens is 302 g/mol. The van der Waals surface area contributed by atoms with Crippen molar-refractivity contribution in [1.82, 2.24) is 20.0 Å². The van der Waals surface area contributed by atoms with Gasteiger partial charge in [0, 0.05) is 24.8 Å². The third-order valence-electron chi connectivity index (χ3n) is 5.34. The fourth-order valence-electron chi connectivity index (χ4n) is 4.07. The molecular formula is C18H25N5O. The Labute approximate surface area is 142 Å². The highest BCUT2D eigenvalue weighted by molar-refractivity contribution is 5.55. The molecule has 0 bridgehead atoms. The highest BCUT2D eigenvalue weighted by Crippen LogP contribution is 2.37. The van der Waals surface area contributed by atoms with Crippen LogP contribution in [0.1, 0.15) is 56.9 Å². The molecule has 1 aliphatic carbocycles. The van der Waals surface area contributed by atoms with E-state index in [4.69, 9.17) is 4.52 Å². The Morgan fingerprint density at radius 2 is 2.00 bits per heavy atom. The molecule has 128 valence electrons. The van der Waals surface area contributed by atoms with Crippen molar-refractivity contribution in [2.75, 3.05) is 18.9 Å². The number of rotatable bonds is 4. The summed E-state index contributed by atoms with van der Waals surface area (Å²) in [5.41, 5.74) is 0.895. The van der Waals surface area contributed by atoms with Gasteiger partial charge in [-0.1, -0.05) is 24.4 Å². The predicted molar refractivity (Wildman–Crippen MR) is 92.6 cm³/mol. The van der Waals surface area contributed by atoms with Crippen LogP contribution >= 0.6 is 0 Å². The van der Waals surface area contributed by atoms with Crippen LogP contribution in [0, 0.1) is 0 Å². The molecule has 2 aliphatic rings. The van der Waals surface area contributed by atoms with E-state index in [1.165, 1.54) is 38.5 Å². The Kier molecular flexibility index (Phi) is 4.47. The van der Waals surface area contributed by atoms with Crippen LogP contribution in [0.25, 0.3) is 11.4 Å². The van der Waals surface area contributed by atoms with Gasteiger partial charge in [0.15, 0.2) is 0 Å². The van der Waals surface area contributed by atoms with E-state index in [9.17, 15) is 0 Å². The summed E-state index contributed by atoms with van der Waals surface area (Å²) in [6.07, 6.45) is 10.8. The van der Waals surface area contributed by atoms with Gasteiger partial charge in [-0.2, -0.15) is 4.98 Å². The van der Waals surface area contributed by atoms with Gasteiger partial charge in [0.05, 0.1) is 6.04 Å². The van der Waals surface area contributed by atoms with Crippen molar-refractivity contribution in [3.05, 3.63) is 24.2 Å². The molecule has 1 N–H and O–H groups in total. The molecule has 4 rings (SSSR count). The number of hydrogen-bond donors (Lipinski definition) is 1. The second-order valence-corrected chi connectivity index (χ2v) is 6.83. The number of anilines is 1. The number of likely N-dealkylation sites (tertiary alicyclic amines) is 1. The number of aromatic nitrogens is 3. The smallest absolute Gasteiger partial charge is 0.244 e. The van der Waals surface area contributed by atoms with Crippen molar-refractivity contribution in [3.8, 4) is 11.4 Å². The quantitative estimate of drug-likeness (QED) is 0.924. The maximum Gasteiger partial charge on any atom is 0.244 e. The summed E-state index contributed by atoms with van der Waals surface area (Å²) >= 11 is 0. The summed E-state index contributed by atoms with van der Waals surface area (Å²) in [6.45, 7) is 1.16. The molecule has 1 atom stereocenters. The largest absolute Gasteiger partial charge is 0.373 e. The summed E-state index contributed by atoms with van der Waals surface area (Å²) < 4.78 is 5.63. The Morgan fingerprint density at radius 3 is 2.75 bits per heavy atom. The molecule has 0 aromatic carbocycles. The zero-order valence-electron chi connectivity index (χ0n) is 14.2. The highest BCUT2D eigenvalue weighted by atomic mass is 16.5. The minimum atomic E-state index is 0.291. The Hall–Kier alpha value is -1.95. The molecule has 2 aromatic rings. The lowest BCUT2D eigenvalue weighted by atomic mass is 9.94. The fraction of sp³-hybridized carbons (Fsp3) is 0.611. The van der Waals surface area contributed by atoms with Gasteiger partial charge in [-0.15, -0.1) is 0 Å². The maximum absolute atomic E-state index is 5.63. The second kappa shape index (κ2) is 6.89. The summed E-state index contributed by atoms with van der Waals surface area (Å²) in [5.74, 6) is 2.24. The Balaban J connectivity index is 1.52. The van der Waals surface area contributed by atoms with E-state index in [0.717, 1.165) is 30.2 Å². The zero-order chi connectivity index (χ0) is 16.4. The van der Waals surface area contributed by atoms with Gasteiger partial charge in [-0.25, -0.2) is 4.98 Å². The van der Waals surface area contributed by atoms with Crippen LogP contribution in [0.4, 0.5) is 5.82 Å². The van der Waals surface area contributed by atoms with Gasteiger partial charge in [0.25, 0.3) is 0 Å². The van der Waals surface area contributed by atoms with Crippen LogP contribution in [0.15, 0.2) is 22.9 Å². The van der Waals surface area contributed by atoms with Gasteiger partial charge < -0.3 is 9.84 Å². The van der Waals surface area contributed by atoms with E-state index in [-0.39, 0.29) is 0 Å². The van der Waals surface area contributed by atoms with Crippen LogP contribution in [0.2, 0.25) is 0 Å². The lowest BCUT2D eigenvalue weighted by Gasteiger charge is -2.34. The molecule has 0 amide bonds. The minimum Gasteiger partial charge on any atom is -0.373 e. The summed E-state index contributed by atoms with van der Waals surface area (Å²) in [7, 11) is 1.86. The first-order valence-corrected chi connectivity index (χ1v) is 9.08. The van der Waals surface area contributed by atoms with E-state index in [1.54, 1.807) is 6.20 Å². The fourth-order valence-corrected chi connectivity index (χ4v) is 4.07. The van der Waals surface area contributed by atoms with Crippen LogP contribution in [-0.4, -0.2) is 39.7 Å². The van der Waals surface area contributed by atoms with Gasteiger partial charge >= 0.3 is 0 Å². The first-order chi connectivity index (χ1) is 11.8. The van der Waals surface area contributed by atoms with Crippen LogP contribution in [0.5, 0.6) is 0 Å². The van der Waals surface area contributed by atoms with E-state index in [1.807, 2.05) is 19.2 Å². The van der Waals surface area contributed by atoms with Crippen molar-refractivity contribution >= 4 is 5.82 Å². The lowest BCUT2D eigenvalue weighted by Crippen LogP contribution is -2.36. The lowest BCUT2D eigenvalue weighted by molar-refractivity contribution is 0.121. The molecule has 1 saturated heterocycles. The second-order valence-electron chi connectivity index (χ2n) is 6.83. The molecule has 2 fully saturated rings. The molecule has 0 radical (unpaired) electrons. The highest BCUT2D eigenvalue weighted by Gasteiger charge is 2.35. The van der Waals surface area contributed by atoms with Crippen LogP contribution < -0.4 is 5.32 Å². The average molecular weight is 327 g/mol. The van der Waals surface area contributed by atoms with Gasteiger partial charge in [-0.05, 0) is 44.4 Å². The molecule has 1 aliphatic heterocycles. The van der Waals surface area contributed by atoms with Crippen molar-refractivity contribution in [3.63, 3.8) is 0 Å². The number of nitrogens with zero attached hydrogens (tertiary/aromatic N) is 4. The molecule has 1 saturated carbocycles. The third kappa shape index (κ3) is 3.02. The summed E-state index contributed by atoms with van der Waals surface area (Å²) in [6, 6.07) is 4.88. The van der Waals surface area contributed by atoms with Crippen molar-refractivity contribution in [2.24, 2.45) is 0 Å². The maximum atomic E-state index is 5.63. The first-order valence-electron chi connectivity index (χ1n) is 9.08. The van der Waals surface area contributed by atoms with Crippen molar-refractivity contribution in [1.29, 1.82) is 0 Å². The molecule has 24 heavy (non-hydrogen) atoms. The van der Waals surface area contributed by atoms with E-state index in [0.29, 0.717) is 17.9 Å². The minimum absolute atomic E-state index is 0.291. The van der Waals surface area contributed by atoms with Crippen molar-refractivity contribution in [2.45, 2.75) is 57.0 Å². The topological polar surface area (TPSA) is 67.1 Å². The predicted octanol–water partition coefficient (Wildman–Crippen LogP) is 3.64. The first kappa shape index (κ1) is 15.6. The molecule has 3 heterocycles. The molecule has 0 spiro atoms. The van der Waals surface area contributed by atoms with Gasteiger partial charge in [0.2, 0.25) is 11.7 Å². The van der Waals surface area contributed by atoms with Crippen LogP contribution in [-0.2, 0) is 0 Å². The Bertz CT molecular complexity index is 662. The zero-order valence-corrected chi connectivity index (χ0v) is 14.2. The van der Waals surface area contributed by atoms with E-state index >= 15 is 0 Å². The van der Waals surface area contributed by atoms with E-state index in [2.05, 4.69) is 25.3 Å². The molecule has 6 heteroatoms. The summed E-state index contributed by atoms with van der Waals surface area (Å²) in [5, 5.41) is 7.21. The third-order valence-corrected chi connectivity index (χ3v) is 5.34. The number of nitrogens with one attached hydrogen (secondary N) is 1. The molecule has 1 unspecified atom stereocenters. The van der Waals surface area contributed by atoms with Gasteiger partial charge in [0.1, 0.15) is 5.82 Å². The monoisotopic (exact) mass is 327 g/mol. The van der Waals surface area contributed by atoms with Gasteiger partial charge in [-0.3, -0.25) is 4.90 Å². The number of hydrogen-bond acceptors (Lipinski definition) is 6. The molecule has 2 aromatic heterocycles. The normalized spacial score (nSPS) is 22.8. The SMILES string of the molecule is CNc1ccc(-c2noc(C3CCCN3C3CCCCC3)n2)cn1. The van der Waals surface area contributed by atoms with Crippen molar-refractivity contribution < 1.29 is 4.52 Å². The Morgan fingerprint density at radius 1 is 1.12 bits per heavy atom.